The Morgan fingerprint density at radius 2 is 1.75 bits per heavy atom. The Bertz CT molecular complexity index is 747. The Labute approximate surface area is 145 Å². The summed E-state index contributed by atoms with van der Waals surface area (Å²) in [6.07, 6.45) is 3.30. The maximum Gasteiger partial charge on any atom is 0.253 e. The molecule has 1 aromatic carbocycles. The van der Waals surface area contributed by atoms with Crippen molar-refractivity contribution in [2.24, 2.45) is 0 Å². The van der Waals surface area contributed by atoms with Crippen LogP contribution in [0.3, 0.4) is 0 Å². The van der Waals surface area contributed by atoms with E-state index in [1.165, 1.54) is 0 Å². The topological polar surface area (TPSA) is 53.5 Å². The van der Waals surface area contributed by atoms with E-state index >= 15 is 0 Å². The number of carbonyl (C=O) groups excluding carboxylic acids is 2. The average molecular weight is 341 g/mol. The van der Waals surface area contributed by atoms with Crippen LogP contribution in [0, 0.1) is 6.92 Å². The first-order valence-corrected chi connectivity index (χ1v) is 8.75. The first-order chi connectivity index (χ1) is 11.6. The molecule has 0 aliphatic carbocycles. The number of rotatable bonds is 3. The third-order valence-electron chi connectivity index (χ3n) is 3.93. The first-order valence-electron chi connectivity index (χ1n) is 7.87. The summed E-state index contributed by atoms with van der Waals surface area (Å²) < 4.78 is 0. The molecular weight excluding hydrogens is 322 g/mol. The van der Waals surface area contributed by atoms with E-state index in [9.17, 15) is 9.59 Å². The second-order valence-corrected chi connectivity index (χ2v) is 6.67. The molecule has 2 aromatic rings. The second-order valence-electron chi connectivity index (χ2n) is 5.61. The largest absolute Gasteiger partial charge is 0.336 e. The number of piperazine rings is 1. The SMILES string of the molecule is Cc1nc(/C=C/C(=O)N2CCN(C(=O)c3ccccc3)CC2)cs1. The molecule has 5 nitrogen and oxygen atoms in total. The molecule has 24 heavy (non-hydrogen) atoms. The predicted octanol–water partition coefficient (Wildman–Crippen LogP) is 2.45. The quantitative estimate of drug-likeness (QED) is 0.806. The third-order valence-corrected chi connectivity index (χ3v) is 4.72. The van der Waals surface area contributed by atoms with Gasteiger partial charge in [-0.3, -0.25) is 9.59 Å². The molecule has 6 heteroatoms. The molecule has 0 atom stereocenters. The Kier molecular flexibility index (Phi) is 5.05. The first kappa shape index (κ1) is 16.4. The van der Waals surface area contributed by atoms with Gasteiger partial charge in [-0.15, -0.1) is 11.3 Å². The lowest BCUT2D eigenvalue weighted by Crippen LogP contribution is -2.50. The number of hydrogen-bond acceptors (Lipinski definition) is 4. The molecule has 0 unspecified atom stereocenters. The summed E-state index contributed by atoms with van der Waals surface area (Å²) >= 11 is 1.56. The zero-order chi connectivity index (χ0) is 16.9. The summed E-state index contributed by atoms with van der Waals surface area (Å²) in [4.78, 5) is 32.5. The fourth-order valence-corrected chi connectivity index (χ4v) is 3.19. The molecule has 0 spiro atoms. The zero-order valence-electron chi connectivity index (χ0n) is 13.5. The van der Waals surface area contributed by atoms with Crippen LogP contribution in [0.25, 0.3) is 6.08 Å². The van der Waals surface area contributed by atoms with E-state index < -0.39 is 0 Å². The van der Waals surface area contributed by atoms with Gasteiger partial charge in [-0.2, -0.15) is 0 Å². The van der Waals surface area contributed by atoms with Crippen LogP contribution >= 0.6 is 11.3 Å². The number of thiazole rings is 1. The lowest BCUT2D eigenvalue weighted by molar-refractivity contribution is -0.127. The van der Waals surface area contributed by atoms with Crippen LogP contribution in [0.2, 0.25) is 0 Å². The fourth-order valence-electron chi connectivity index (χ4n) is 2.61. The smallest absolute Gasteiger partial charge is 0.253 e. The maximum atomic E-state index is 12.4. The van der Waals surface area contributed by atoms with E-state index in [1.807, 2.05) is 42.6 Å². The highest BCUT2D eigenvalue weighted by molar-refractivity contribution is 7.09. The Hall–Kier alpha value is -2.47. The summed E-state index contributed by atoms with van der Waals surface area (Å²) in [5.74, 6) is -0.0105. The molecule has 0 N–H and O–H groups in total. The highest BCUT2D eigenvalue weighted by Crippen LogP contribution is 2.11. The molecule has 3 rings (SSSR count). The number of benzene rings is 1. The molecule has 0 saturated carbocycles. The molecular formula is C18H19N3O2S. The van der Waals surface area contributed by atoms with Crippen LogP contribution in [0.1, 0.15) is 21.1 Å². The minimum absolute atomic E-state index is 0.0242. The summed E-state index contributed by atoms with van der Waals surface area (Å²) in [6.45, 7) is 4.16. The summed E-state index contributed by atoms with van der Waals surface area (Å²) in [7, 11) is 0. The summed E-state index contributed by atoms with van der Waals surface area (Å²) in [5.41, 5.74) is 1.50. The van der Waals surface area contributed by atoms with Gasteiger partial charge in [-0.1, -0.05) is 18.2 Å². The molecule has 124 valence electrons. The Balaban J connectivity index is 1.54. The molecule has 1 aliphatic rings. The molecule has 1 aromatic heterocycles. The number of aryl methyl sites for hydroxylation is 1. The summed E-state index contributed by atoms with van der Waals surface area (Å²) in [5, 5.41) is 2.91. The van der Waals surface area contributed by atoms with E-state index in [1.54, 1.807) is 33.3 Å². The van der Waals surface area contributed by atoms with Crippen molar-refractivity contribution in [2.45, 2.75) is 6.92 Å². The number of nitrogens with zero attached hydrogens (tertiary/aromatic N) is 3. The third kappa shape index (κ3) is 3.89. The van der Waals surface area contributed by atoms with Gasteiger partial charge in [-0.25, -0.2) is 4.98 Å². The summed E-state index contributed by atoms with van der Waals surface area (Å²) in [6, 6.07) is 9.25. The molecule has 0 bridgehead atoms. The van der Waals surface area contributed by atoms with Crippen molar-refractivity contribution in [2.75, 3.05) is 26.2 Å². The molecule has 1 aliphatic heterocycles. The van der Waals surface area contributed by atoms with Gasteiger partial charge in [0.25, 0.3) is 5.91 Å². The normalized spacial score (nSPS) is 15.0. The molecule has 2 heterocycles. The minimum atomic E-state index is -0.0348. The van der Waals surface area contributed by atoms with Crippen LogP contribution < -0.4 is 0 Å². The van der Waals surface area contributed by atoms with Gasteiger partial charge in [0.15, 0.2) is 0 Å². The molecule has 1 saturated heterocycles. The van der Waals surface area contributed by atoms with Crippen molar-refractivity contribution < 1.29 is 9.59 Å². The van der Waals surface area contributed by atoms with Crippen LogP contribution in [0.15, 0.2) is 41.8 Å². The maximum absolute atomic E-state index is 12.4. The molecule has 1 fully saturated rings. The van der Waals surface area contributed by atoms with Gasteiger partial charge in [0.1, 0.15) is 0 Å². The lowest BCUT2D eigenvalue weighted by Gasteiger charge is -2.34. The van der Waals surface area contributed by atoms with Crippen LogP contribution in [-0.4, -0.2) is 52.8 Å². The zero-order valence-corrected chi connectivity index (χ0v) is 14.3. The van der Waals surface area contributed by atoms with E-state index in [4.69, 9.17) is 0 Å². The van der Waals surface area contributed by atoms with E-state index in [-0.39, 0.29) is 11.8 Å². The van der Waals surface area contributed by atoms with Crippen molar-refractivity contribution >= 4 is 29.2 Å². The second kappa shape index (κ2) is 7.40. The van der Waals surface area contributed by atoms with Gasteiger partial charge in [0.2, 0.25) is 5.91 Å². The van der Waals surface area contributed by atoms with Gasteiger partial charge in [0, 0.05) is 43.2 Å². The van der Waals surface area contributed by atoms with Crippen molar-refractivity contribution in [3.8, 4) is 0 Å². The van der Waals surface area contributed by atoms with Crippen molar-refractivity contribution in [1.29, 1.82) is 0 Å². The highest BCUT2D eigenvalue weighted by Gasteiger charge is 2.23. The number of hydrogen-bond donors (Lipinski definition) is 0. The van der Waals surface area contributed by atoms with Crippen molar-refractivity contribution in [3.63, 3.8) is 0 Å². The molecule has 2 amide bonds. The monoisotopic (exact) mass is 341 g/mol. The number of amides is 2. The standard InChI is InChI=1S/C18H19N3O2S/c1-14-19-16(13-24-14)7-8-17(22)20-9-11-21(12-10-20)18(23)15-5-3-2-4-6-15/h2-8,13H,9-12H2,1H3/b8-7+. The van der Waals surface area contributed by atoms with E-state index in [0.717, 1.165) is 10.7 Å². The van der Waals surface area contributed by atoms with Gasteiger partial charge < -0.3 is 9.80 Å². The van der Waals surface area contributed by atoms with Crippen molar-refractivity contribution in [1.82, 2.24) is 14.8 Å². The average Bonchev–Trinajstić information content (AvgIpc) is 3.05. The van der Waals surface area contributed by atoms with E-state index in [0.29, 0.717) is 31.7 Å². The minimum Gasteiger partial charge on any atom is -0.336 e. The van der Waals surface area contributed by atoms with E-state index in [2.05, 4.69) is 4.98 Å². The van der Waals surface area contributed by atoms with Gasteiger partial charge >= 0.3 is 0 Å². The highest BCUT2D eigenvalue weighted by atomic mass is 32.1. The Morgan fingerprint density at radius 1 is 1.08 bits per heavy atom. The van der Waals surface area contributed by atoms with Crippen molar-refractivity contribution in [3.05, 3.63) is 58.1 Å². The van der Waals surface area contributed by atoms with Crippen LogP contribution in [0.4, 0.5) is 0 Å². The lowest BCUT2D eigenvalue weighted by atomic mass is 10.2. The predicted molar refractivity (Wildman–Crippen MR) is 94.8 cm³/mol. The van der Waals surface area contributed by atoms with Gasteiger partial charge in [0.05, 0.1) is 10.7 Å². The Morgan fingerprint density at radius 3 is 2.38 bits per heavy atom. The van der Waals surface area contributed by atoms with Crippen LogP contribution in [-0.2, 0) is 4.79 Å². The fraction of sp³-hybridized carbons (Fsp3) is 0.278. The molecule has 0 radical (unpaired) electrons. The van der Waals surface area contributed by atoms with Gasteiger partial charge in [-0.05, 0) is 25.1 Å². The number of carbonyl (C=O) groups is 2. The number of aromatic nitrogens is 1. The van der Waals surface area contributed by atoms with Crippen LogP contribution in [0.5, 0.6) is 0 Å².